The summed E-state index contributed by atoms with van der Waals surface area (Å²) in [4.78, 5) is 21.4. The lowest BCUT2D eigenvalue weighted by Gasteiger charge is -2.22. The van der Waals surface area contributed by atoms with Crippen LogP contribution in [0, 0.1) is 0 Å². The lowest BCUT2D eigenvalue weighted by molar-refractivity contribution is 0.0761. The zero-order valence-corrected chi connectivity index (χ0v) is 16.9. The molecule has 0 radical (unpaired) electrons. The van der Waals surface area contributed by atoms with Crippen molar-refractivity contribution in [3.05, 3.63) is 72.1 Å². The first-order valence-corrected chi connectivity index (χ1v) is 10.6. The Balaban J connectivity index is 1.32. The molecule has 1 fully saturated rings. The summed E-state index contributed by atoms with van der Waals surface area (Å²) in [5, 5.41) is 0. The highest BCUT2D eigenvalue weighted by molar-refractivity contribution is 5.94. The highest BCUT2D eigenvalue weighted by Crippen LogP contribution is 2.20. The summed E-state index contributed by atoms with van der Waals surface area (Å²) in [6, 6.07) is 11.7. The summed E-state index contributed by atoms with van der Waals surface area (Å²) >= 11 is 0. The fourth-order valence-electron chi connectivity index (χ4n) is 3.99. The summed E-state index contributed by atoms with van der Waals surface area (Å²) in [6.45, 7) is 4.37. The average molecular weight is 392 g/mol. The van der Waals surface area contributed by atoms with Gasteiger partial charge in [-0.25, -0.2) is 0 Å². The van der Waals surface area contributed by atoms with Gasteiger partial charge in [0.15, 0.2) is 0 Å². The second-order valence-corrected chi connectivity index (χ2v) is 7.82. The Morgan fingerprint density at radius 3 is 2.59 bits per heavy atom. The summed E-state index contributed by atoms with van der Waals surface area (Å²) in [5.41, 5.74) is 2.00. The van der Waals surface area contributed by atoms with Gasteiger partial charge in [-0.3, -0.25) is 14.7 Å². The van der Waals surface area contributed by atoms with Crippen molar-refractivity contribution < 1.29 is 9.53 Å². The second-order valence-electron chi connectivity index (χ2n) is 7.82. The van der Waals surface area contributed by atoms with E-state index in [1.54, 1.807) is 0 Å². The first-order chi connectivity index (χ1) is 14.3. The molecule has 5 nitrogen and oxygen atoms in total. The molecule has 1 aromatic heterocycles. The van der Waals surface area contributed by atoms with E-state index < -0.39 is 0 Å². The van der Waals surface area contributed by atoms with Crippen molar-refractivity contribution in [2.75, 3.05) is 26.2 Å². The molecule has 1 aromatic carbocycles. The molecule has 1 unspecified atom stereocenters. The van der Waals surface area contributed by atoms with Gasteiger partial charge in [-0.2, -0.15) is 0 Å². The predicted octanol–water partition coefficient (Wildman–Crippen LogP) is 3.92. The third-order valence-corrected chi connectivity index (χ3v) is 5.63. The van der Waals surface area contributed by atoms with Crippen LogP contribution in [0.1, 0.15) is 41.6 Å². The van der Waals surface area contributed by atoms with Crippen molar-refractivity contribution in [1.82, 2.24) is 14.8 Å². The number of rotatable bonds is 5. The van der Waals surface area contributed by atoms with E-state index in [0.29, 0.717) is 0 Å². The topological polar surface area (TPSA) is 45.7 Å². The van der Waals surface area contributed by atoms with Gasteiger partial charge in [-0.15, -0.1) is 0 Å². The van der Waals surface area contributed by atoms with E-state index in [9.17, 15) is 4.79 Å². The minimum absolute atomic E-state index is 0.111. The molecule has 1 atom stereocenters. The number of hydrogen-bond acceptors (Lipinski definition) is 4. The molecule has 2 heterocycles. The van der Waals surface area contributed by atoms with Crippen molar-refractivity contribution in [3.8, 4) is 5.75 Å². The molecule has 1 amide bonds. The van der Waals surface area contributed by atoms with E-state index in [2.05, 4.69) is 34.2 Å². The Morgan fingerprint density at radius 1 is 1.00 bits per heavy atom. The van der Waals surface area contributed by atoms with Crippen LogP contribution in [0.15, 0.2) is 60.9 Å². The van der Waals surface area contributed by atoms with E-state index in [0.717, 1.165) is 63.3 Å². The normalized spacial score (nSPS) is 20.3. The standard InChI is InChI=1S/C24H29N3O2/c28-24(21-7-9-23(10-8-21)29-22-5-2-1-3-6-22)27-16-4-15-26(17-18-27)19-20-11-13-25-14-12-20/h2,5,7-14,22H,1,3-4,6,15-19H2. The molecule has 2 aliphatic rings. The van der Waals surface area contributed by atoms with Gasteiger partial charge < -0.3 is 9.64 Å². The number of nitrogens with zero attached hydrogens (tertiary/aromatic N) is 3. The third kappa shape index (κ3) is 5.45. The minimum atomic E-state index is 0.111. The van der Waals surface area contributed by atoms with Gasteiger partial charge in [-0.05, 0) is 73.7 Å². The fraction of sp³-hybridized carbons (Fsp3) is 0.417. The summed E-state index contributed by atoms with van der Waals surface area (Å²) in [5.74, 6) is 0.942. The van der Waals surface area contributed by atoms with Gasteiger partial charge in [0.05, 0.1) is 0 Å². The van der Waals surface area contributed by atoms with Gasteiger partial charge in [0, 0.05) is 50.7 Å². The quantitative estimate of drug-likeness (QED) is 0.725. The molecule has 0 saturated carbocycles. The number of amides is 1. The highest BCUT2D eigenvalue weighted by atomic mass is 16.5. The summed E-state index contributed by atoms with van der Waals surface area (Å²) < 4.78 is 6.00. The Bertz CT molecular complexity index is 820. The number of carbonyl (C=O) groups is 1. The number of hydrogen-bond donors (Lipinski definition) is 0. The Morgan fingerprint density at radius 2 is 1.83 bits per heavy atom. The predicted molar refractivity (Wildman–Crippen MR) is 114 cm³/mol. The van der Waals surface area contributed by atoms with Crippen molar-refractivity contribution >= 4 is 5.91 Å². The average Bonchev–Trinajstić information content (AvgIpc) is 3.01. The molecule has 5 heteroatoms. The first-order valence-electron chi connectivity index (χ1n) is 10.6. The van der Waals surface area contributed by atoms with Crippen LogP contribution in [0.3, 0.4) is 0 Å². The van der Waals surface area contributed by atoms with Crippen molar-refractivity contribution in [3.63, 3.8) is 0 Å². The molecule has 0 N–H and O–H groups in total. The summed E-state index contributed by atoms with van der Waals surface area (Å²) in [6.07, 6.45) is 12.5. The maximum absolute atomic E-state index is 13.0. The van der Waals surface area contributed by atoms with Crippen LogP contribution >= 0.6 is 0 Å². The van der Waals surface area contributed by atoms with Crippen LogP contribution < -0.4 is 4.74 Å². The van der Waals surface area contributed by atoms with Crippen LogP contribution in [0.2, 0.25) is 0 Å². The second kappa shape index (κ2) is 9.70. The maximum atomic E-state index is 13.0. The molecule has 0 spiro atoms. The summed E-state index contributed by atoms with van der Waals surface area (Å²) in [7, 11) is 0. The van der Waals surface area contributed by atoms with Crippen molar-refractivity contribution in [1.29, 1.82) is 0 Å². The van der Waals surface area contributed by atoms with Gasteiger partial charge in [-0.1, -0.05) is 6.08 Å². The van der Waals surface area contributed by atoms with Gasteiger partial charge in [0.2, 0.25) is 0 Å². The Hall–Kier alpha value is -2.66. The molecular weight excluding hydrogens is 362 g/mol. The Kier molecular flexibility index (Phi) is 6.57. The van der Waals surface area contributed by atoms with Crippen LogP contribution in [0.4, 0.5) is 0 Å². The molecule has 1 saturated heterocycles. The lowest BCUT2D eigenvalue weighted by Crippen LogP contribution is -2.35. The number of allylic oxidation sites excluding steroid dienone is 1. The van der Waals surface area contributed by atoms with Gasteiger partial charge >= 0.3 is 0 Å². The van der Waals surface area contributed by atoms with Crippen molar-refractivity contribution in [2.24, 2.45) is 0 Å². The minimum Gasteiger partial charge on any atom is -0.486 e. The van der Waals surface area contributed by atoms with Crippen LogP contribution in [0.5, 0.6) is 5.75 Å². The van der Waals surface area contributed by atoms with Gasteiger partial charge in [0.25, 0.3) is 5.91 Å². The number of pyridine rings is 1. The SMILES string of the molecule is O=C(c1ccc(OC2C=CCCC2)cc1)N1CCCN(Cc2ccncc2)CC1. The number of benzene rings is 1. The largest absolute Gasteiger partial charge is 0.486 e. The molecule has 29 heavy (non-hydrogen) atoms. The van der Waals surface area contributed by atoms with E-state index in [1.165, 1.54) is 12.0 Å². The van der Waals surface area contributed by atoms with E-state index >= 15 is 0 Å². The lowest BCUT2D eigenvalue weighted by atomic mass is 10.1. The molecule has 4 rings (SSSR count). The maximum Gasteiger partial charge on any atom is 0.253 e. The van der Waals surface area contributed by atoms with Gasteiger partial charge in [0.1, 0.15) is 11.9 Å². The zero-order valence-electron chi connectivity index (χ0n) is 16.9. The molecule has 152 valence electrons. The highest BCUT2D eigenvalue weighted by Gasteiger charge is 2.20. The number of carbonyl (C=O) groups excluding carboxylic acids is 1. The van der Waals surface area contributed by atoms with Crippen molar-refractivity contribution in [2.45, 2.75) is 38.3 Å². The fourth-order valence-corrected chi connectivity index (χ4v) is 3.99. The van der Waals surface area contributed by atoms with E-state index in [4.69, 9.17) is 4.74 Å². The third-order valence-electron chi connectivity index (χ3n) is 5.63. The van der Waals surface area contributed by atoms with E-state index in [-0.39, 0.29) is 12.0 Å². The van der Waals surface area contributed by atoms with Crippen LogP contribution in [0.25, 0.3) is 0 Å². The molecule has 2 aromatic rings. The smallest absolute Gasteiger partial charge is 0.253 e. The molecule has 1 aliphatic carbocycles. The van der Waals surface area contributed by atoms with Crippen LogP contribution in [-0.2, 0) is 6.54 Å². The number of aromatic nitrogens is 1. The monoisotopic (exact) mass is 391 g/mol. The molecule has 0 bridgehead atoms. The Labute approximate surface area is 173 Å². The van der Waals surface area contributed by atoms with E-state index in [1.807, 2.05) is 41.6 Å². The first kappa shape index (κ1) is 19.6. The van der Waals surface area contributed by atoms with Crippen LogP contribution in [-0.4, -0.2) is 53.0 Å². The number of ether oxygens (including phenoxy) is 1. The molecular formula is C24H29N3O2. The molecule has 1 aliphatic heterocycles. The zero-order chi connectivity index (χ0) is 19.9.